The summed E-state index contributed by atoms with van der Waals surface area (Å²) in [5, 5.41) is 11.2. The van der Waals surface area contributed by atoms with Crippen molar-refractivity contribution in [3.05, 3.63) is 66.9 Å². The van der Waals surface area contributed by atoms with Crippen LogP contribution in [0.4, 0.5) is 0 Å². The third kappa shape index (κ3) is 3.78. The van der Waals surface area contributed by atoms with Gasteiger partial charge in [-0.25, -0.2) is 32.1 Å². The summed E-state index contributed by atoms with van der Waals surface area (Å²) in [6, 6.07) is 16.2. The van der Waals surface area contributed by atoms with Crippen LogP contribution in [0.25, 0.3) is 33.4 Å². The van der Waals surface area contributed by atoms with Crippen molar-refractivity contribution in [2.24, 2.45) is 10.3 Å². The van der Waals surface area contributed by atoms with Crippen LogP contribution in [-0.4, -0.2) is 26.8 Å². The molecular weight excluding hydrogens is 412 g/mol. The number of benzene rings is 2. The summed E-state index contributed by atoms with van der Waals surface area (Å²) in [5.74, 6) is 0. The van der Waals surface area contributed by atoms with E-state index in [9.17, 15) is 16.8 Å². The third-order valence-corrected chi connectivity index (χ3v) is 6.30. The predicted octanol–water partition coefficient (Wildman–Crippen LogP) is 2.19. The normalized spacial score (nSPS) is 12.3. The van der Waals surface area contributed by atoms with Crippen molar-refractivity contribution in [2.75, 3.05) is 0 Å². The van der Waals surface area contributed by atoms with E-state index >= 15 is 0 Å². The van der Waals surface area contributed by atoms with Gasteiger partial charge in [0.05, 0.1) is 9.79 Å². The molecule has 0 aliphatic carbocycles. The lowest BCUT2D eigenvalue weighted by molar-refractivity contribution is 0.596. The summed E-state index contributed by atoms with van der Waals surface area (Å²) in [6.07, 6.45) is 1.60. The first-order valence-electron chi connectivity index (χ1n) is 8.37. The molecular formula is C19H16N4O4S2. The fraction of sp³-hybridized carbons (Fsp3) is 0. The smallest absolute Gasteiger partial charge is 0.238 e. The lowest BCUT2D eigenvalue weighted by atomic mass is 10.0. The summed E-state index contributed by atoms with van der Waals surface area (Å²) in [6.45, 7) is 0. The molecule has 2 heterocycles. The molecule has 10 heteroatoms. The van der Waals surface area contributed by atoms with Gasteiger partial charge in [0.25, 0.3) is 0 Å². The molecule has 8 nitrogen and oxygen atoms in total. The van der Waals surface area contributed by atoms with E-state index in [0.717, 1.165) is 10.9 Å². The summed E-state index contributed by atoms with van der Waals surface area (Å²) < 4.78 is 46.6. The highest BCUT2D eigenvalue weighted by atomic mass is 32.2. The number of aromatic nitrogens is 2. The maximum Gasteiger partial charge on any atom is 0.238 e. The predicted molar refractivity (Wildman–Crippen MR) is 110 cm³/mol. The molecule has 2 aromatic carbocycles. The molecule has 0 aliphatic heterocycles. The van der Waals surface area contributed by atoms with Crippen molar-refractivity contribution in [3.8, 4) is 22.4 Å². The van der Waals surface area contributed by atoms with Crippen molar-refractivity contribution < 1.29 is 16.8 Å². The topological polar surface area (TPSA) is 149 Å². The quantitative estimate of drug-likeness (QED) is 0.455. The second-order valence-electron chi connectivity index (χ2n) is 6.45. The number of aromatic amines is 1. The standard InChI is InChI=1S/C19H16N4O4S2/c20-28(24,25)14-5-1-3-12(9-14)16-7-8-22-19-17(16)11-18(23-19)13-4-2-6-15(10-13)29(21,26)27/h1-11H,(H,22,23)(H2,20,24,25)(H2,21,26,27). The van der Waals surface area contributed by atoms with E-state index in [2.05, 4.69) is 9.97 Å². The molecule has 4 aromatic rings. The summed E-state index contributed by atoms with van der Waals surface area (Å²) in [5.41, 5.74) is 3.25. The first-order valence-corrected chi connectivity index (χ1v) is 11.5. The maximum atomic E-state index is 11.7. The Morgan fingerprint density at radius 1 is 0.759 bits per heavy atom. The van der Waals surface area contributed by atoms with Crippen molar-refractivity contribution in [2.45, 2.75) is 9.79 Å². The maximum absolute atomic E-state index is 11.7. The molecule has 29 heavy (non-hydrogen) atoms. The van der Waals surface area contributed by atoms with Gasteiger partial charge in [0.1, 0.15) is 5.65 Å². The van der Waals surface area contributed by atoms with Gasteiger partial charge in [0.15, 0.2) is 0 Å². The minimum atomic E-state index is -3.84. The Hall–Kier alpha value is -3.05. The van der Waals surface area contributed by atoms with Crippen LogP contribution in [0.1, 0.15) is 0 Å². The lowest BCUT2D eigenvalue weighted by Gasteiger charge is -2.05. The zero-order valence-corrected chi connectivity index (χ0v) is 16.5. The Bertz CT molecular complexity index is 1460. The number of hydrogen-bond acceptors (Lipinski definition) is 5. The molecule has 2 aromatic heterocycles. The summed E-state index contributed by atoms with van der Waals surface area (Å²) >= 11 is 0. The number of nitrogens with zero attached hydrogens (tertiary/aromatic N) is 1. The monoisotopic (exact) mass is 428 g/mol. The Balaban J connectivity index is 1.88. The highest BCUT2D eigenvalue weighted by molar-refractivity contribution is 7.89. The van der Waals surface area contributed by atoms with Gasteiger partial charge in [-0.3, -0.25) is 0 Å². The van der Waals surface area contributed by atoms with E-state index in [1.54, 1.807) is 36.5 Å². The molecule has 0 unspecified atom stereocenters. The Morgan fingerprint density at radius 3 is 1.97 bits per heavy atom. The summed E-state index contributed by atoms with van der Waals surface area (Å²) in [7, 11) is -7.67. The van der Waals surface area contributed by atoms with Gasteiger partial charge in [0, 0.05) is 17.3 Å². The number of nitrogens with two attached hydrogens (primary N) is 2. The SMILES string of the molecule is NS(=O)(=O)c1cccc(-c2cc3c(-c4cccc(S(N)(=O)=O)c4)ccnc3[nH]2)c1. The van der Waals surface area contributed by atoms with Crippen LogP contribution in [0.15, 0.2) is 76.7 Å². The molecule has 148 valence electrons. The van der Waals surface area contributed by atoms with Gasteiger partial charge in [0.2, 0.25) is 20.0 Å². The first kappa shape index (κ1) is 19.3. The van der Waals surface area contributed by atoms with E-state index < -0.39 is 20.0 Å². The van der Waals surface area contributed by atoms with Crippen LogP contribution in [-0.2, 0) is 20.0 Å². The van der Waals surface area contributed by atoms with Crippen LogP contribution in [0.2, 0.25) is 0 Å². The van der Waals surface area contributed by atoms with Gasteiger partial charge in [-0.1, -0.05) is 24.3 Å². The number of pyridine rings is 1. The van der Waals surface area contributed by atoms with Crippen molar-refractivity contribution in [3.63, 3.8) is 0 Å². The fourth-order valence-corrected chi connectivity index (χ4v) is 4.23. The first-order chi connectivity index (χ1) is 13.6. The largest absolute Gasteiger partial charge is 0.339 e. The van der Waals surface area contributed by atoms with E-state index in [4.69, 9.17) is 10.3 Å². The lowest BCUT2D eigenvalue weighted by Crippen LogP contribution is -2.11. The number of hydrogen-bond donors (Lipinski definition) is 3. The minimum absolute atomic E-state index is 0.00249. The molecule has 0 aliphatic rings. The molecule has 0 atom stereocenters. The number of primary sulfonamides is 2. The third-order valence-electron chi connectivity index (χ3n) is 4.48. The number of H-pyrrole nitrogens is 1. The van der Waals surface area contributed by atoms with E-state index in [0.29, 0.717) is 22.5 Å². The van der Waals surface area contributed by atoms with Crippen molar-refractivity contribution in [1.82, 2.24) is 9.97 Å². The van der Waals surface area contributed by atoms with Crippen LogP contribution in [0, 0.1) is 0 Å². The van der Waals surface area contributed by atoms with Crippen LogP contribution in [0.5, 0.6) is 0 Å². The van der Waals surface area contributed by atoms with Gasteiger partial charge in [-0.2, -0.15) is 0 Å². The van der Waals surface area contributed by atoms with Crippen LogP contribution >= 0.6 is 0 Å². The minimum Gasteiger partial charge on any atom is -0.339 e. The van der Waals surface area contributed by atoms with Gasteiger partial charge in [-0.15, -0.1) is 0 Å². The molecule has 0 saturated carbocycles. The molecule has 0 bridgehead atoms. The molecule has 0 radical (unpaired) electrons. The number of rotatable bonds is 4. The molecule has 5 N–H and O–H groups in total. The van der Waals surface area contributed by atoms with Crippen molar-refractivity contribution in [1.29, 1.82) is 0 Å². The molecule has 0 saturated heterocycles. The fourth-order valence-electron chi connectivity index (χ4n) is 3.12. The Labute approximate surface area is 167 Å². The number of sulfonamides is 2. The average Bonchev–Trinajstić information content (AvgIpc) is 3.11. The second kappa shape index (κ2) is 6.78. The summed E-state index contributed by atoms with van der Waals surface area (Å²) in [4.78, 5) is 7.48. The average molecular weight is 428 g/mol. The number of fused-ring (bicyclic) bond motifs is 1. The zero-order chi connectivity index (χ0) is 20.8. The number of nitrogens with one attached hydrogen (secondary N) is 1. The van der Waals surface area contributed by atoms with E-state index in [1.807, 2.05) is 6.07 Å². The molecule has 4 rings (SSSR count). The Morgan fingerprint density at radius 2 is 1.34 bits per heavy atom. The van der Waals surface area contributed by atoms with E-state index in [-0.39, 0.29) is 9.79 Å². The van der Waals surface area contributed by atoms with Gasteiger partial charge in [-0.05, 0) is 53.1 Å². The van der Waals surface area contributed by atoms with Crippen molar-refractivity contribution >= 4 is 31.1 Å². The van der Waals surface area contributed by atoms with Gasteiger partial charge >= 0.3 is 0 Å². The van der Waals surface area contributed by atoms with Gasteiger partial charge < -0.3 is 4.98 Å². The highest BCUT2D eigenvalue weighted by Crippen LogP contribution is 2.32. The van der Waals surface area contributed by atoms with E-state index in [1.165, 1.54) is 24.3 Å². The van der Waals surface area contributed by atoms with Crippen LogP contribution < -0.4 is 10.3 Å². The zero-order valence-electron chi connectivity index (χ0n) is 14.9. The molecule has 0 amide bonds. The Kier molecular flexibility index (Phi) is 4.50. The molecule has 0 fully saturated rings. The second-order valence-corrected chi connectivity index (χ2v) is 9.57. The van der Waals surface area contributed by atoms with Crippen LogP contribution in [0.3, 0.4) is 0 Å². The molecule has 0 spiro atoms. The highest BCUT2D eigenvalue weighted by Gasteiger charge is 2.14.